The van der Waals surface area contributed by atoms with Crippen LogP contribution in [0.25, 0.3) is 0 Å². The van der Waals surface area contributed by atoms with Crippen molar-refractivity contribution >= 4 is 44.5 Å². The molecule has 0 spiro atoms. The van der Waals surface area contributed by atoms with Crippen molar-refractivity contribution in [3.8, 4) is 0 Å². The van der Waals surface area contributed by atoms with Gasteiger partial charge in [0.1, 0.15) is 0 Å². The second-order valence-corrected chi connectivity index (χ2v) is 6.64. The maximum absolute atomic E-state index is 12.2. The summed E-state index contributed by atoms with van der Waals surface area (Å²) in [5.74, 6) is 0.184. The number of nitrogens with one attached hydrogen (secondary N) is 1. The average molecular weight is 331 g/mol. The van der Waals surface area contributed by atoms with Crippen molar-refractivity contribution in [2.75, 3.05) is 4.72 Å². The average Bonchev–Trinajstić information content (AvgIpc) is 2.24. The van der Waals surface area contributed by atoms with Crippen molar-refractivity contribution in [1.82, 2.24) is 0 Å². The third-order valence-electron chi connectivity index (χ3n) is 1.85. The number of hydrogen-bond donors (Lipinski definition) is 2. The number of carbonyl (C=O) groups is 1. The van der Waals surface area contributed by atoms with E-state index in [1.165, 1.54) is 22.9 Å². The Kier molecular flexibility index (Phi) is 5.16. The van der Waals surface area contributed by atoms with Crippen molar-refractivity contribution in [3.05, 3.63) is 29.8 Å². The highest BCUT2D eigenvalue weighted by Crippen LogP contribution is 2.26. The summed E-state index contributed by atoms with van der Waals surface area (Å²) < 4.78 is 59.3. The van der Waals surface area contributed by atoms with Crippen molar-refractivity contribution < 1.29 is 26.4 Å². The topological polar surface area (TPSA) is 63.2 Å². The molecule has 4 nitrogen and oxygen atoms in total. The summed E-state index contributed by atoms with van der Waals surface area (Å²) in [6, 6.07) is 5.33. The first-order valence-corrected chi connectivity index (χ1v) is 7.57. The molecule has 0 fully saturated rings. The lowest BCUT2D eigenvalue weighted by Gasteiger charge is -2.11. The quantitative estimate of drug-likeness (QED) is 0.832. The van der Waals surface area contributed by atoms with Crippen LogP contribution < -0.4 is 4.72 Å². The highest BCUT2D eigenvalue weighted by atomic mass is 32.2. The molecule has 19 heavy (non-hydrogen) atoms. The summed E-state index contributed by atoms with van der Waals surface area (Å²) in [4.78, 5) is 10.6. The van der Waals surface area contributed by atoms with E-state index < -0.39 is 20.0 Å². The molecule has 106 valence electrons. The standard InChI is InChI=1S/C9H8F3NO3S3/c10-9(11,12)19(15,16)13-7-3-1-2-6(4-7)5-18-8(14)17/h1-4,13H,5H2,(H,14,17). The van der Waals surface area contributed by atoms with Crippen molar-refractivity contribution in [1.29, 1.82) is 0 Å². The number of benzene rings is 1. The Morgan fingerprint density at radius 3 is 2.53 bits per heavy atom. The summed E-state index contributed by atoms with van der Waals surface area (Å²) in [5.41, 5.74) is -5.10. The number of halogens is 3. The lowest BCUT2D eigenvalue weighted by Crippen LogP contribution is -2.29. The summed E-state index contributed by atoms with van der Waals surface area (Å²) in [6.07, 6.45) is 0. The van der Waals surface area contributed by atoms with Gasteiger partial charge in [0, 0.05) is 11.4 Å². The van der Waals surface area contributed by atoms with Gasteiger partial charge in [-0.3, -0.25) is 9.52 Å². The predicted octanol–water partition coefficient (Wildman–Crippen LogP) is 3.23. The number of hydrogen-bond acceptors (Lipinski definition) is 4. The zero-order valence-electron chi connectivity index (χ0n) is 9.14. The summed E-state index contributed by atoms with van der Waals surface area (Å²) in [5, 5.41) is 0. The molecule has 0 heterocycles. The molecular weight excluding hydrogens is 323 g/mol. The van der Waals surface area contributed by atoms with E-state index in [2.05, 4.69) is 12.6 Å². The van der Waals surface area contributed by atoms with Crippen LogP contribution in [0.4, 0.5) is 23.7 Å². The number of rotatable bonds is 4. The maximum Gasteiger partial charge on any atom is 0.516 e. The first kappa shape index (κ1) is 16.2. The number of anilines is 1. The van der Waals surface area contributed by atoms with Crippen LogP contribution in [0.15, 0.2) is 24.3 Å². The first-order valence-electron chi connectivity index (χ1n) is 4.65. The largest absolute Gasteiger partial charge is 0.516 e. The molecule has 0 aliphatic heterocycles. The lowest BCUT2D eigenvalue weighted by molar-refractivity contribution is -0.0429. The molecule has 1 rings (SSSR count). The molecule has 0 atom stereocenters. The van der Waals surface area contributed by atoms with Crippen LogP contribution in [-0.4, -0.2) is 18.4 Å². The van der Waals surface area contributed by atoms with Gasteiger partial charge >= 0.3 is 15.5 Å². The summed E-state index contributed by atoms with van der Waals surface area (Å²) >= 11 is 4.37. The van der Waals surface area contributed by atoms with E-state index in [4.69, 9.17) is 0 Å². The lowest BCUT2D eigenvalue weighted by atomic mass is 10.2. The van der Waals surface area contributed by atoms with E-state index in [0.717, 1.165) is 11.8 Å². The molecule has 0 unspecified atom stereocenters. The Morgan fingerprint density at radius 1 is 1.37 bits per heavy atom. The van der Waals surface area contributed by atoms with E-state index >= 15 is 0 Å². The van der Waals surface area contributed by atoms with Crippen LogP contribution in [-0.2, 0) is 15.8 Å². The van der Waals surface area contributed by atoms with Gasteiger partial charge in [0.05, 0.1) is 0 Å². The highest BCUT2D eigenvalue weighted by molar-refractivity contribution is 8.31. The van der Waals surface area contributed by atoms with Crippen LogP contribution in [0.2, 0.25) is 0 Å². The molecule has 0 saturated heterocycles. The molecule has 0 radical (unpaired) electrons. The van der Waals surface area contributed by atoms with Crippen LogP contribution in [0.3, 0.4) is 0 Å². The minimum Gasteiger partial charge on any atom is -0.276 e. The van der Waals surface area contributed by atoms with Gasteiger partial charge in [-0.2, -0.15) is 21.6 Å². The Balaban J connectivity index is 2.86. The van der Waals surface area contributed by atoms with Gasteiger partial charge in [-0.25, -0.2) is 0 Å². The molecule has 0 amide bonds. The molecule has 0 aromatic heterocycles. The van der Waals surface area contributed by atoms with Crippen LogP contribution >= 0.6 is 24.4 Å². The molecule has 0 saturated carbocycles. The number of sulfonamides is 1. The molecule has 0 aliphatic carbocycles. The third-order valence-corrected chi connectivity index (χ3v) is 4.07. The Labute approximate surface area is 117 Å². The zero-order valence-corrected chi connectivity index (χ0v) is 11.7. The normalized spacial score (nSPS) is 12.2. The van der Waals surface area contributed by atoms with Crippen LogP contribution in [0.1, 0.15) is 5.56 Å². The smallest absolute Gasteiger partial charge is 0.276 e. The van der Waals surface area contributed by atoms with Gasteiger partial charge in [0.15, 0.2) is 0 Å². The SMILES string of the molecule is O=C(S)SCc1cccc(NS(=O)(=O)C(F)(F)F)c1. The predicted molar refractivity (Wildman–Crippen MR) is 70.7 cm³/mol. The first-order chi connectivity index (χ1) is 8.62. The number of carbonyl (C=O) groups excluding carboxylic acids is 1. The molecule has 10 heteroatoms. The summed E-state index contributed by atoms with van der Waals surface area (Å²) in [7, 11) is -5.44. The van der Waals surface area contributed by atoms with E-state index in [0.29, 0.717) is 5.56 Å². The van der Waals surface area contributed by atoms with Crippen molar-refractivity contribution in [2.45, 2.75) is 11.3 Å². The van der Waals surface area contributed by atoms with E-state index in [-0.39, 0.29) is 11.4 Å². The van der Waals surface area contributed by atoms with Crippen LogP contribution in [0.5, 0.6) is 0 Å². The van der Waals surface area contributed by atoms with Gasteiger partial charge < -0.3 is 0 Å². The Morgan fingerprint density at radius 2 is 2.00 bits per heavy atom. The number of thioether (sulfide) groups is 1. The molecule has 1 N–H and O–H groups in total. The number of alkyl halides is 3. The van der Waals surface area contributed by atoms with Gasteiger partial charge in [0.25, 0.3) is 0 Å². The molecule has 0 bridgehead atoms. The second-order valence-electron chi connectivity index (χ2n) is 3.31. The van der Waals surface area contributed by atoms with Gasteiger partial charge in [-0.15, -0.1) is 0 Å². The monoisotopic (exact) mass is 331 g/mol. The van der Waals surface area contributed by atoms with E-state index in [9.17, 15) is 26.4 Å². The summed E-state index contributed by atoms with van der Waals surface area (Å²) in [6.45, 7) is 0. The van der Waals surface area contributed by atoms with Gasteiger partial charge in [-0.05, 0) is 17.7 Å². The maximum atomic E-state index is 12.2. The Hall–Kier alpha value is -0.870. The van der Waals surface area contributed by atoms with Crippen LogP contribution in [0, 0.1) is 0 Å². The molecule has 1 aromatic carbocycles. The minimum absolute atomic E-state index is 0.184. The molecular formula is C9H8F3NO3S3. The van der Waals surface area contributed by atoms with Crippen molar-refractivity contribution in [2.24, 2.45) is 0 Å². The minimum atomic E-state index is -5.44. The fraction of sp³-hybridized carbons (Fsp3) is 0.222. The fourth-order valence-electron chi connectivity index (χ4n) is 1.08. The van der Waals surface area contributed by atoms with Crippen molar-refractivity contribution in [3.63, 3.8) is 0 Å². The second kappa shape index (κ2) is 6.06. The van der Waals surface area contributed by atoms with Gasteiger partial charge in [-0.1, -0.05) is 36.5 Å². The molecule has 0 aliphatic rings. The fourth-order valence-corrected chi connectivity index (χ4v) is 2.30. The Bertz CT molecular complexity index is 572. The third kappa shape index (κ3) is 4.96. The molecule has 1 aromatic rings. The highest BCUT2D eigenvalue weighted by Gasteiger charge is 2.46. The van der Waals surface area contributed by atoms with E-state index in [1.807, 2.05) is 0 Å². The zero-order chi connectivity index (χ0) is 14.7. The van der Waals surface area contributed by atoms with Gasteiger partial charge in [0.2, 0.25) is 4.45 Å². The number of thiol groups is 1. The van der Waals surface area contributed by atoms with E-state index in [1.54, 1.807) is 6.07 Å².